The molecule has 0 radical (unpaired) electrons. The first-order valence-electron chi connectivity index (χ1n) is 10.3. The monoisotopic (exact) mass is 413 g/mol. The molecule has 2 saturated heterocycles. The van der Waals surface area contributed by atoms with E-state index >= 15 is 0 Å². The summed E-state index contributed by atoms with van der Waals surface area (Å²) >= 11 is 0. The van der Waals surface area contributed by atoms with Crippen molar-refractivity contribution < 1.29 is 19.1 Å². The topological polar surface area (TPSA) is 108 Å². The summed E-state index contributed by atoms with van der Waals surface area (Å²) in [7, 11) is 0. The number of imide groups is 1. The number of anilines is 1. The standard InChI is InChI=1S/C21H27N5O4/c1-21(2,3)30-20(29)26-10-8-25(9-11-26)19-22-15-6-4-13(12-16(15)23-19)14-5-7-17(27)24-18(14)28/h4,6,12,14H,5,7-11H2,1-3H3,(H,22,23)(H,24,27,28). The highest BCUT2D eigenvalue weighted by Crippen LogP contribution is 2.28. The number of aromatic nitrogens is 2. The van der Waals surface area contributed by atoms with E-state index in [9.17, 15) is 14.4 Å². The number of nitrogens with zero attached hydrogens (tertiary/aromatic N) is 3. The van der Waals surface area contributed by atoms with Gasteiger partial charge in [-0.25, -0.2) is 9.78 Å². The van der Waals surface area contributed by atoms with Gasteiger partial charge in [-0.2, -0.15) is 0 Å². The summed E-state index contributed by atoms with van der Waals surface area (Å²) in [4.78, 5) is 47.6. The predicted molar refractivity (Wildman–Crippen MR) is 111 cm³/mol. The van der Waals surface area contributed by atoms with Crippen LogP contribution in [-0.2, 0) is 14.3 Å². The van der Waals surface area contributed by atoms with Gasteiger partial charge in [0, 0.05) is 32.6 Å². The normalized spacial score (nSPS) is 20.4. The molecule has 1 aromatic carbocycles. The molecule has 2 aromatic rings. The predicted octanol–water partition coefficient (Wildman–Crippen LogP) is 2.14. The van der Waals surface area contributed by atoms with Crippen molar-refractivity contribution in [2.45, 2.75) is 45.1 Å². The van der Waals surface area contributed by atoms with E-state index in [1.807, 2.05) is 39.0 Å². The number of rotatable bonds is 2. The number of hydrogen-bond donors (Lipinski definition) is 2. The molecule has 2 N–H and O–H groups in total. The smallest absolute Gasteiger partial charge is 0.410 e. The first kappa shape index (κ1) is 20.2. The third-order valence-electron chi connectivity index (χ3n) is 5.37. The molecule has 30 heavy (non-hydrogen) atoms. The third kappa shape index (κ3) is 4.24. The summed E-state index contributed by atoms with van der Waals surface area (Å²) in [6, 6.07) is 5.72. The average Bonchev–Trinajstić information content (AvgIpc) is 3.10. The molecule has 9 nitrogen and oxygen atoms in total. The molecule has 0 saturated carbocycles. The minimum Gasteiger partial charge on any atom is -0.444 e. The largest absolute Gasteiger partial charge is 0.444 e. The van der Waals surface area contributed by atoms with Crippen molar-refractivity contribution >= 4 is 34.9 Å². The number of amides is 3. The number of aromatic amines is 1. The van der Waals surface area contributed by atoms with E-state index in [0.717, 1.165) is 22.5 Å². The van der Waals surface area contributed by atoms with Crippen molar-refractivity contribution in [3.63, 3.8) is 0 Å². The Balaban J connectivity index is 1.44. The Hall–Kier alpha value is -3.10. The van der Waals surface area contributed by atoms with Crippen molar-refractivity contribution in [3.8, 4) is 0 Å². The lowest BCUT2D eigenvalue weighted by Crippen LogP contribution is -2.50. The van der Waals surface area contributed by atoms with Gasteiger partial charge >= 0.3 is 6.09 Å². The van der Waals surface area contributed by atoms with Gasteiger partial charge in [-0.15, -0.1) is 0 Å². The van der Waals surface area contributed by atoms with E-state index in [0.29, 0.717) is 39.0 Å². The Labute approximate surface area is 174 Å². The van der Waals surface area contributed by atoms with E-state index in [-0.39, 0.29) is 23.8 Å². The maximum absolute atomic E-state index is 12.2. The minimum absolute atomic E-state index is 0.216. The van der Waals surface area contributed by atoms with Crippen LogP contribution in [0.15, 0.2) is 18.2 Å². The summed E-state index contributed by atoms with van der Waals surface area (Å²) in [5, 5.41) is 2.41. The number of fused-ring (bicyclic) bond motifs is 1. The third-order valence-corrected chi connectivity index (χ3v) is 5.37. The second-order valence-electron chi connectivity index (χ2n) is 8.80. The van der Waals surface area contributed by atoms with Gasteiger partial charge in [0.2, 0.25) is 17.8 Å². The van der Waals surface area contributed by atoms with Crippen LogP contribution in [0.4, 0.5) is 10.7 Å². The second-order valence-corrected chi connectivity index (χ2v) is 8.80. The van der Waals surface area contributed by atoms with Crippen LogP contribution in [0.2, 0.25) is 0 Å². The van der Waals surface area contributed by atoms with Crippen molar-refractivity contribution in [2.24, 2.45) is 0 Å². The number of ether oxygens (including phenoxy) is 1. The minimum atomic E-state index is -0.507. The van der Waals surface area contributed by atoms with Crippen LogP contribution in [0.5, 0.6) is 0 Å². The quantitative estimate of drug-likeness (QED) is 0.731. The molecule has 1 unspecified atom stereocenters. The van der Waals surface area contributed by atoms with Crippen molar-refractivity contribution in [3.05, 3.63) is 23.8 Å². The molecule has 2 aliphatic heterocycles. The van der Waals surface area contributed by atoms with Crippen LogP contribution in [0, 0.1) is 0 Å². The van der Waals surface area contributed by atoms with Crippen LogP contribution in [0.25, 0.3) is 11.0 Å². The fourth-order valence-electron chi connectivity index (χ4n) is 3.82. The molecule has 2 aliphatic rings. The molecule has 1 aromatic heterocycles. The number of carbonyl (C=O) groups is 3. The van der Waals surface area contributed by atoms with Gasteiger partial charge in [-0.1, -0.05) is 6.07 Å². The molecular formula is C21H27N5O4. The van der Waals surface area contributed by atoms with Gasteiger partial charge in [0.15, 0.2) is 0 Å². The first-order chi connectivity index (χ1) is 14.2. The van der Waals surface area contributed by atoms with Crippen molar-refractivity contribution in [1.29, 1.82) is 0 Å². The molecule has 2 fully saturated rings. The lowest BCUT2D eigenvalue weighted by molar-refractivity contribution is -0.134. The highest BCUT2D eigenvalue weighted by atomic mass is 16.6. The number of hydrogen-bond acceptors (Lipinski definition) is 6. The summed E-state index contributed by atoms with van der Waals surface area (Å²) in [6.07, 6.45) is 0.578. The summed E-state index contributed by atoms with van der Waals surface area (Å²) < 4.78 is 5.44. The average molecular weight is 413 g/mol. The molecule has 0 aliphatic carbocycles. The molecule has 4 rings (SSSR count). The lowest BCUT2D eigenvalue weighted by atomic mass is 9.90. The fourth-order valence-corrected chi connectivity index (χ4v) is 3.82. The SMILES string of the molecule is CC(C)(C)OC(=O)N1CCN(c2nc3ccc(C4CCC(=O)NC4=O)cc3[nH]2)CC1. The van der Waals surface area contributed by atoms with Gasteiger partial charge < -0.3 is 19.5 Å². The van der Waals surface area contributed by atoms with Crippen LogP contribution >= 0.6 is 0 Å². The zero-order chi connectivity index (χ0) is 21.5. The van der Waals surface area contributed by atoms with Gasteiger partial charge in [-0.05, 0) is 44.9 Å². The molecule has 0 bridgehead atoms. The number of piperazine rings is 1. The fraction of sp³-hybridized carbons (Fsp3) is 0.524. The lowest BCUT2D eigenvalue weighted by Gasteiger charge is -2.35. The number of imidazole rings is 1. The number of carbonyl (C=O) groups excluding carboxylic acids is 3. The molecule has 1 atom stereocenters. The van der Waals surface area contributed by atoms with Gasteiger partial charge in [0.05, 0.1) is 17.0 Å². The highest BCUT2D eigenvalue weighted by molar-refractivity contribution is 6.01. The van der Waals surface area contributed by atoms with Crippen molar-refractivity contribution in [2.75, 3.05) is 31.1 Å². The van der Waals surface area contributed by atoms with Gasteiger partial charge in [-0.3, -0.25) is 14.9 Å². The Kier molecular flexibility index (Phi) is 5.13. The summed E-state index contributed by atoms with van der Waals surface area (Å²) in [6.45, 7) is 8.01. The number of benzene rings is 1. The molecule has 3 amide bonds. The molecule has 160 valence electrons. The van der Waals surface area contributed by atoms with Crippen LogP contribution in [-0.4, -0.2) is 64.6 Å². The maximum atomic E-state index is 12.2. The zero-order valence-electron chi connectivity index (χ0n) is 17.5. The van der Waals surface area contributed by atoms with Crippen LogP contribution in [0.3, 0.4) is 0 Å². The van der Waals surface area contributed by atoms with E-state index in [1.54, 1.807) is 4.90 Å². The maximum Gasteiger partial charge on any atom is 0.410 e. The molecular weight excluding hydrogens is 386 g/mol. The number of H-pyrrole nitrogens is 1. The van der Waals surface area contributed by atoms with Crippen LogP contribution < -0.4 is 10.2 Å². The highest BCUT2D eigenvalue weighted by Gasteiger charge is 2.29. The van der Waals surface area contributed by atoms with E-state index in [1.165, 1.54) is 0 Å². The van der Waals surface area contributed by atoms with Gasteiger partial charge in [0.1, 0.15) is 5.60 Å². The van der Waals surface area contributed by atoms with Gasteiger partial charge in [0.25, 0.3) is 0 Å². The van der Waals surface area contributed by atoms with E-state index in [4.69, 9.17) is 4.74 Å². The summed E-state index contributed by atoms with van der Waals surface area (Å²) in [5.74, 6) is -0.0410. The first-order valence-corrected chi connectivity index (χ1v) is 10.3. The Bertz CT molecular complexity index is 985. The van der Waals surface area contributed by atoms with E-state index < -0.39 is 5.60 Å². The van der Waals surface area contributed by atoms with Crippen molar-refractivity contribution in [1.82, 2.24) is 20.2 Å². The molecule has 9 heteroatoms. The second kappa shape index (κ2) is 7.62. The number of piperidine rings is 1. The Morgan fingerprint density at radius 2 is 1.90 bits per heavy atom. The number of nitrogens with one attached hydrogen (secondary N) is 2. The Morgan fingerprint density at radius 1 is 1.17 bits per heavy atom. The zero-order valence-corrected chi connectivity index (χ0v) is 17.5. The van der Waals surface area contributed by atoms with E-state index in [2.05, 4.69) is 20.2 Å². The Morgan fingerprint density at radius 3 is 2.57 bits per heavy atom. The summed E-state index contributed by atoms with van der Waals surface area (Å²) in [5.41, 5.74) is 2.03. The molecule has 3 heterocycles. The van der Waals surface area contributed by atoms with Crippen LogP contribution in [0.1, 0.15) is 45.1 Å². The molecule has 0 spiro atoms.